The van der Waals surface area contributed by atoms with Crippen LogP contribution in [0.3, 0.4) is 0 Å². The van der Waals surface area contributed by atoms with E-state index in [0.717, 1.165) is 6.42 Å². The fraction of sp³-hybridized carbons (Fsp3) is 0.833. The minimum Gasteiger partial charge on any atom is -0.480 e. The van der Waals surface area contributed by atoms with Gasteiger partial charge in [0.25, 0.3) is 0 Å². The molecule has 98 valence electrons. The number of hydrogen-bond acceptors (Lipinski definition) is 3. The molecule has 0 radical (unpaired) electrons. The summed E-state index contributed by atoms with van der Waals surface area (Å²) in [4.78, 5) is 24.5. The van der Waals surface area contributed by atoms with Crippen LogP contribution < -0.4 is 0 Å². The van der Waals surface area contributed by atoms with E-state index in [-0.39, 0.29) is 12.3 Å². The van der Waals surface area contributed by atoms with Gasteiger partial charge in [-0.2, -0.15) is 0 Å². The first-order valence-electron chi connectivity index (χ1n) is 6.16. The molecule has 5 heteroatoms. The standard InChI is InChI=1S/C12H21NO4/c1-3-17-7-5-11(14)13-6-4-9(2)8-10(13)12(15)16/h9-10H,3-8H2,1-2H3,(H,15,16). The van der Waals surface area contributed by atoms with Gasteiger partial charge in [0.1, 0.15) is 6.04 Å². The minimum absolute atomic E-state index is 0.113. The molecule has 5 nitrogen and oxygen atoms in total. The summed E-state index contributed by atoms with van der Waals surface area (Å²) in [6.07, 6.45) is 1.70. The summed E-state index contributed by atoms with van der Waals surface area (Å²) in [5, 5.41) is 9.12. The van der Waals surface area contributed by atoms with Crippen LogP contribution in [-0.2, 0) is 14.3 Å². The van der Waals surface area contributed by atoms with Crippen LogP contribution in [0.2, 0.25) is 0 Å². The molecule has 0 spiro atoms. The Hall–Kier alpha value is -1.10. The van der Waals surface area contributed by atoms with Crippen LogP contribution in [0.25, 0.3) is 0 Å². The maximum atomic E-state index is 11.9. The number of rotatable bonds is 5. The number of piperidine rings is 1. The van der Waals surface area contributed by atoms with Gasteiger partial charge in [0.05, 0.1) is 13.0 Å². The van der Waals surface area contributed by atoms with E-state index >= 15 is 0 Å². The minimum atomic E-state index is -0.902. The Kier molecular flexibility index (Phi) is 5.41. The largest absolute Gasteiger partial charge is 0.480 e. The molecule has 1 fully saturated rings. The van der Waals surface area contributed by atoms with Crippen LogP contribution in [0.4, 0.5) is 0 Å². The SMILES string of the molecule is CCOCCC(=O)N1CCC(C)CC1C(=O)O. The molecule has 0 aromatic carbocycles. The predicted octanol–water partition coefficient (Wildman–Crippen LogP) is 1.12. The van der Waals surface area contributed by atoms with Gasteiger partial charge in [0, 0.05) is 13.2 Å². The van der Waals surface area contributed by atoms with E-state index in [0.29, 0.717) is 32.1 Å². The molecule has 0 aromatic heterocycles. The highest BCUT2D eigenvalue weighted by Gasteiger charge is 2.34. The molecule has 0 aromatic rings. The summed E-state index contributed by atoms with van der Waals surface area (Å²) >= 11 is 0. The summed E-state index contributed by atoms with van der Waals surface area (Å²) < 4.78 is 5.12. The number of carbonyl (C=O) groups is 2. The number of amides is 1. The Morgan fingerprint density at radius 2 is 2.18 bits per heavy atom. The van der Waals surface area contributed by atoms with Crippen LogP contribution in [0.15, 0.2) is 0 Å². The van der Waals surface area contributed by atoms with E-state index in [9.17, 15) is 9.59 Å². The van der Waals surface area contributed by atoms with E-state index in [2.05, 4.69) is 0 Å². The van der Waals surface area contributed by atoms with E-state index in [1.165, 1.54) is 4.90 Å². The van der Waals surface area contributed by atoms with Crippen molar-refractivity contribution in [3.63, 3.8) is 0 Å². The maximum Gasteiger partial charge on any atom is 0.326 e. The molecule has 1 heterocycles. The van der Waals surface area contributed by atoms with Gasteiger partial charge in [0.2, 0.25) is 5.91 Å². The molecule has 0 bridgehead atoms. The van der Waals surface area contributed by atoms with Crippen molar-refractivity contribution in [1.29, 1.82) is 0 Å². The highest BCUT2D eigenvalue weighted by atomic mass is 16.5. The lowest BCUT2D eigenvalue weighted by Crippen LogP contribution is -2.50. The zero-order chi connectivity index (χ0) is 12.8. The summed E-state index contributed by atoms with van der Waals surface area (Å²) in [5.41, 5.74) is 0. The Balaban J connectivity index is 2.54. The van der Waals surface area contributed by atoms with E-state index in [1.54, 1.807) is 0 Å². The molecule has 1 saturated heterocycles. The number of carboxylic acids is 1. The first-order chi connectivity index (χ1) is 8.06. The van der Waals surface area contributed by atoms with Crippen molar-refractivity contribution in [1.82, 2.24) is 4.90 Å². The van der Waals surface area contributed by atoms with Crippen LogP contribution in [0, 0.1) is 5.92 Å². The molecule has 1 amide bonds. The smallest absolute Gasteiger partial charge is 0.326 e. The number of hydrogen-bond donors (Lipinski definition) is 1. The third-order valence-electron chi connectivity index (χ3n) is 3.13. The second-order valence-corrected chi connectivity index (χ2v) is 4.52. The molecule has 0 aliphatic carbocycles. The molecule has 1 N–H and O–H groups in total. The summed E-state index contributed by atoms with van der Waals surface area (Å²) in [7, 11) is 0. The second-order valence-electron chi connectivity index (χ2n) is 4.52. The third-order valence-corrected chi connectivity index (χ3v) is 3.13. The van der Waals surface area contributed by atoms with Gasteiger partial charge in [0.15, 0.2) is 0 Å². The lowest BCUT2D eigenvalue weighted by Gasteiger charge is -2.36. The Morgan fingerprint density at radius 3 is 2.76 bits per heavy atom. The van der Waals surface area contributed by atoms with Gasteiger partial charge in [-0.3, -0.25) is 4.79 Å². The highest BCUT2D eigenvalue weighted by Crippen LogP contribution is 2.23. The van der Waals surface area contributed by atoms with Crippen LogP contribution >= 0.6 is 0 Å². The van der Waals surface area contributed by atoms with Gasteiger partial charge in [-0.15, -0.1) is 0 Å². The number of aliphatic carboxylic acids is 1. The quantitative estimate of drug-likeness (QED) is 0.735. The number of ether oxygens (including phenoxy) is 1. The Morgan fingerprint density at radius 1 is 1.47 bits per heavy atom. The van der Waals surface area contributed by atoms with Gasteiger partial charge in [-0.1, -0.05) is 6.92 Å². The number of carboxylic acid groups (broad SMARTS) is 1. The average molecular weight is 243 g/mol. The second kappa shape index (κ2) is 6.59. The number of carbonyl (C=O) groups excluding carboxylic acids is 1. The maximum absolute atomic E-state index is 11.9. The lowest BCUT2D eigenvalue weighted by atomic mass is 9.92. The molecule has 1 rings (SSSR count). The van der Waals surface area contributed by atoms with Gasteiger partial charge >= 0.3 is 5.97 Å². The van der Waals surface area contributed by atoms with Crippen LogP contribution in [0.5, 0.6) is 0 Å². The summed E-state index contributed by atoms with van der Waals surface area (Å²) in [6.45, 7) is 5.38. The highest BCUT2D eigenvalue weighted by molar-refractivity contribution is 5.83. The van der Waals surface area contributed by atoms with E-state index in [1.807, 2.05) is 13.8 Å². The molecule has 17 heavy (non-hydrogen) atoms. The Bertz CT molecular complexity index is 280. The van der Waals surface area contributed by atoms with Crippen molar-refractivity contribution in [2.24, 2.45) is 5.92 Å². The monoisotopic (exact) mass is 243 g/mol. The average Bonchev–Trinajstić information content (AvgIpc) is 2.29. The van der Waals surface area contributed by atoms with Crippen LogP contribution in [-0.4, -0.2) is 47.7 Å². The predicted molar refractivity (Wildman–Crippen MR) is 62.6 cm³/mol. The molecule has 1 aliphatic rings. The van der Waals surface area contributed by atoms with Gasteiger partial charge < -0.3 is 14.7 Å². The molecule has 0 saturated carbocycles. The molecular weight excluding hydrogens is 222 g/mol. The van der Waals surface area contributed by atoms with Crippen LogP contribution in [0.1, 0.15) is 33.1 Å². The summed E-state index contributed by atoms with van der Waals surface area (Å²) in [6, 6.07) is -0.659. The summed E-state index contributed by atoms with van der Waals surface area (Å²) in [5.74, 6) is -0.647. The number of likely N-dealkylation sites (tertiary alicyclic amines) is 1. The fourth-order valence-corrected chi connectivity index (χ4v) is 2.12. The fourth-order valence-electron chi connectivity index (χ4n) is 2.12. The van der Waals surface area contributed by atoms with Crippen molar-refractivity contribution < 1.29 is 19.4 Å². The third kappa shape index (κ3) is 4.00. The lowest BCUT2D eigenvalue weighted by molar-refractivity contribution is -0.153. The van der Waals surface area contributed by atoms with Crippen molar-refractivity contribution in [3.05, 3.63) is 0 Å². The van der Waals surface area contributed by atoms with Gasteiger partial charge in [-0.25, -0.2) is 4.79 Å². The van der Waals surface area contributed by atoms with Crippen molar-refractivity contribution in [2.75, 3.05) is 19.8 Å². The molecule has 2 unspecified atom stereocenters. The van der Waals surface area contributed by atoms with Crippen molar-refractivity contribution in [3.8, 4) is 0 Å². The molecule has 2 atom stereocenters. The first kappa shape index (κ1) is 14.0. The number of nitrogens with zero attached hydrogens (tertiary/aromatic N) is 1. The van der Waals surface area contributed by atoms with Crippen molar-refractivity contribution >= 4 is 11.9 Å². The van der Waals surface area contributed by atoms with E-state index in [4.69, 9.17) is 9.84 Å². The first-order valence-corrected chi connectivity index (χ1v) is 6.16. The molecule has 1 aliphatic heterocycles. The van der Waals surface area contributed by atoms with Gasteiger partial charge in [-0.05, 0) is 25.7 Å². The van der Waals surface area contributed by atoms with Crippen molar-refractivity contribution in [2.45, 2.75) is 39.2 Å². The zero-order valence-corrected chi connectivity index (χ0v) is 10.5. The molecular formula is C12H21NO4. The van der Waals surface area contributed by atoms with E-state index < -0.39 is 12.0 Å². The topological polar surface area (TPSA) is 66.8 Å². The zero-order valence-electron chi connectivity index (χ0n) is 10.5. The Labute approximate surface area is 102 Å². The normalized spacial score (nSPS) is 24.7.